The summed E-state index contributed by atoms with van der Waals surface area (Å²) in [5.74, 6) is 0.979. The second-order valence-electron chi connectivity index (χ2n) is 8.34. The van der Waals surface area contributed by atoms with Crippen LogP contribution in [0, 0.1) is 13.8 Å². The van der Waals surface area contributed by atoms with E-state index in [1.54, 1.807) is 58.3 Å². The summed E-state index contributed by atoms with van der Waals surface area (Å²) in [6, 6.07) is 10.6. The molecule has 4 aromatic rings. The van der Waals surface area contributed by atoms with E-state index >= 15 is 0 Å². The molecule has 0 atom stereocenters. The number of rotatable bonds is 6. The molecular formula is C24H25N3O5S. The molecule has 33 heavy (non-hydrogen) atoms. The number of hydrogen-bond acceptors (Lipinski definition) is 7. The molecule has 0 saturated heterocycles. The summed E-state index contributed by atoms with van der Waals surface area (Å²) in [5, 5.41) is 0.209. The lowest BCUT2D eigenvalue weighted by Crippen LogP contribution is -2.19. The minimum absolute atomic E-state index is 0.0133. The van der Waals surface area contributed by atoms with Crippen LogP contribution in [0.1, 0.15) is 30.9 Å². The summed E-state index contributed by atoms with van der Waals surface area (Å²) < 4.78 is 38.3. The van der Waals surface area contributed by atoms with Crippen LogP contribution in [0.5, 0.6) is 11.8 Å². The van der Waals surface area contributed by atoms with Crippen LogP contribution in [0.25, 0.3) is 22.2 Å². The van der Waals surface area contributed by atoms with Crippen LogP contribution >= 0.6 is 0 Å². The molecule has 0 amide bonds. The van der Waals surface area contributed by atoms with Gasteiger partial charge in [-0.3, -0.25) is 4.79 Å². The van der Waals surface area contributed by atoms with Gasteiger partial charge in [0, 0.05) is 24.4 Å². The van der Waals surface area contributed by atoms with Crippen molar-refractivity contribution in [1.82, 2.24) is 14.5 Å². The number of hydrogen-bond donors (Lipinski definition) is 0. The maximum atomic E-state index is 12.6. The van der Waals surface area contributed by atoms with Crippen molar-refractivity contribution in [3.63, 3.8) is 0 Å². The fourth-order valence-corrected chi connectivity index (χ4v) is 4.37. The van der Waals surface area contributed by atoms with Crippen molar-refractivity contribution < 1.29 is 17.6 Å². The van der Waals surface area contributed by atoms with Gasteiger partial charge in [-0.15, -0.1) is 0 Å². The largest absolute Gasteiger partial charge is 0.461 e. The number of pyridine rings is 1. The van der Waals surface area contributed by atoms with E-state index in [2.05, 4.69) is 9.97 Å². The molecule has 8 nitrogen and oxygen atoms in total. The molecule has 0 N–H and O–H groups in total. The molecule has 0 unspecified atom stereocenters. The number of aryl methyl sites for hydroxylation is 3. The zero-order chi connectivity index (χ0) is 23.9. The van der Waals surface area contributed by atoms with Crippen LogP contribution in [-0.2, 0) is 22.6 Å². The second kappa shape index (κ2) is 8.47. The van der Waals surface area contributed by atoms with Gasteiger partial charge in [0.15, 0.2) is 9.84 Å². The predicted octanol–water partition coefficient (Wildman–Crippen LogP) is 4.32. The smallest absolute Gasteiger partial charge is 0.322 e. The van der Waals surface area contributed by atoms with Gasteiger partial charge < -0.3 is 13.7 Å². The van der Waals surface area contributed by atoms with Crippen LogP contribution in [0.4, 0.5) is 0 Å². The van der Waals surface area contributed by atoms with Gasteiger partial charge in [-0.1, -0.05) is 6.07 Å². The highest BCUT2D eigenvalue weighted by Crippen LogP contribution is 2.32. The average Bonchev–Trinajstić information content (AvgIpc) is 3.12. The average molecular weight is 468 g/mol. The predicted molar refractivity (Wildman–Crippen MR) is 126 cm³/mol. The maximum Gasteiger partial charge on any atom is 0.322 e. The lowest BCUT2D eigenvalue weighted by Gasteiger charge is -2.12. The van der Waals surface area contributed by atoms with Gasteiger partial charge in [0.2, 0.25) is 0 Å². The molecule has 0 aliphatic rings. The summed E-state index contributed by atoms with van der Waals surface area (Å²) in [6.07, 6.45) is 1.66. The number of sulfone groups is 1. The standard InChI is InChI=1S/C24H25N3O5S/c1-14(2)33(29,30)13-18-11-20(17-9-15(3)23(28)27(5)12-17)26-24(25-18)32-22-8-6-7-21-19(22)10-16(4)31-21/h6-12,14H,13H2,1-5H3. The number of aromatic nitrogens is 3. The molecular weight excluding hydrogens is 442 g/mol. The van der Waals surface area contributed by atoms with Gasteiger partial charge in [0.05, 0.1) is 27.8 Å². The highest BCUT2D eigenvalue weighted by molar-refractivity contribution is 7.91. The Hall–Kier alpha value is -3.46. The molecule has 0 saturated carbocycles. The molecule has 4 rings (SSSR count). The first-order valence-corrected chi connectivity index (χ1v) is 12.2. The fraction of sp³-hybridized carbons (Fsp3) is 0.292. The number of fused-ring (bicyclic) bond motifs is 1. The Morgan fingerprint density at radius 3 is 2.58 bits per heavy atom. The first-order valence-electron chi connectivity index (χ1n) is 10.5. The van der Waals surface area contributed by atoms with Crippen LogP contribution in [0.2, 0.25) is 0 Å². The molecule has 0 spiro atoms. The Morgan fingerprint density at radius 2 is 1.88 bits per heavy atom. The van der Waals surface area contributed by atoms with Gasteiger partial charge in [-0.25, -0.2) is 8.42 Å². The van der Waals surface area contributed by atoms with E-state index in [9.17, 15) is 13.2 Å². The van der Waals surface area contributed by atoms with E-state index in [1.807, 2.05) is 19.1 Å². The topological polar surface area (TPSA) is 104 Å². The molecule has 0 fully saturated rings. The zero-order valence-electron chi connectivity index (χ0n) is 19.1. The van der Waals surface area contributed by atoms with E-state index in [0.717, 1.165) is 11.1 Å². The number of nitrogens with zero attached hydrogens (tertiary/aromatic N) is 3. The van der Waals surface area contributed by atoms with Crippen molar-refractivity contribution in [2.45, 2.75) is 38.7 Å². The SMILES string of the molecule is Cc1cc2c(Oc3nc(CS(=O)(=O)C(C)C)cc(-c4cc(C)c(=O)n(C)c4)n3)cccc2o1. The zero-order valence-corrected chi connectivity index (χ0v) is 19.9. The quantitative estimate of drug-likeness (QED) is 0.416. The Bertz CT molecular complexity index is 1490. The first kappa shape index (κ1) is 22.7. The minimum atomic E-state index is -3.41. The van der Waals surface area contributed by atoms with E-state index in [0.29, 0.717) is 33.8 Å². The Labute approximate surface area is 191 Å². The summed E-state index contributed by atoms with van der Waals surface area (Å²) >= 11 is 0. The third-order valence-corrected chi connectivity index (χ3v) is 7.46. The Balaban J connectivity index is 1.84. The van der Waals surface area contributed by atoms with Crippen molar-refractivity contribution in [2.24, 2.45) is 7.05 Å². The van der Waals surface area contributed by atoms with Gasteiger partial charge in [0.1, 0.15) is 17.1 Å². The highest BCUT2D eigenvalue weighted by Gasteiger charge is 2.20. The summed E-state index contributed by atoms with van der Waals surface area (Å²) in [6.45, 7) is 6.83. The van der Waals surface area contributed by atoms with Gasteiger partial charge in [0.25, 0.3) is 5.56 Å². The fourth-order valence-electron chi connectivity index (χ4n) is 3.48. The highest BCUT2D eigenvalue weighted by atomic mass is 32.2. The molecule has 172 valence electrons. The molecule has 9 heteroatoms. The van der Waals surface area contributed by atoms with Crippen molar-refractivity contribution >= 4 is 20.8 Å². The van der Waals surface area contributed by atoms with Gasteiger partial charge >= 0.3 is 6.01 Å². The Kier molecular flexibility index (Phi) is 5.84. The summed E-state index contributed by atoms with van der Waals surface area (Å²) in [5.41, 5.74) is 2.52. The van der Waals surface area contributed by atoms with E-state index in [1.165, 1.54) is 4.57 Å². The molecule has 0 bridgehead atoms. The molecule has 1 aromatic carbocycles. The normalized spacial score (nSPS) is 11.9. The maximum absolute atomic E-state index is 12.6. The van der Waals surface area contributed by atoms with E-state index < -0.39 is 15.1 Å². The molecule has 3 heterocycles. The first-order chi connectivity index (χ1) is 15.5. The minimum Gasteiger partial charge on any atom is -0.461 e. The summed E-state index contributed by atoms with van der Waals surface area (Å²) in [4.78, 5) is 21.0. The molecule has 0 radical (unpaired) electrons. The van der Waals surface area contributed by atoms with Gasteiger partial charge in [-0.05, 0) is 58.0 Å². The van der Waals surface area contributed by atoms with Crippen molar-refractivity contribution in [2.75, 3.05) is 0 Å². The van der Waals surface area contributed by atoms with E-state index in [4.69, 9.17) is 9.15 Å². The van der Waals surface area contributed by atoms with Crippen LogP contribution in [-0.4, -0.2) is 28.2 Å². The number of ether oxygens (including phenoxy) is 1. The Morgan fingerprint density at radius 1 is 1.12 bits per heavy atom. The van der Waals surface area contributed by atoms with Gasteiger partial charge in [-0.2, -0.15) is 9.97 Å². The van der Waals surface area contributed by atoms with Crippen molar-refractivity contribution in [3.05, 3.63) is 70.0 Å². The summed E-state index contributed by atoms with van der Waals surface area (Å²) in [7, 11) is -1.75. The molecule has 0 aliphatic carbocycles. The second-order valence-corrected chi connectivity index (χ2v) is 10.9. The van der Waals surface area contributed by atoms with Crippen LogP contribution in [0.15, 0.2) is 51.8 Å². The van der Waals surface area contributed by atoms with E-state index in [-0.39, 0.29) is 17.3 Å². The lowest BCUT2D eigenvalue weighted by molar-refractivity contribution is 0.445. The molecule has 3 aromatic heterocycles. The van der Waals surface area contributed by atoms with Crippen LogP contribution in [0.3, 0.4) is 0 Å². The lowest BCUT2D eigenvalue weighted by atomic mass is 10.1. The third kappa shape index (κ3) is 4.68. The van der Waals surface area contributed by atoms with Crippen molar-refractivity contribution in [3.8, 4) is 23.0 Å². The number of benzene rings is 1. The monoisotopic (exact) mass is 467 g/mol. The van der Waals surface area contributed by atoms with Crippen LogP contribution < -0.4 is 10.3 Å². The number of furan rings is 1. The third-order valence-electron chi connectivity index (χ3n) is 5.33. The van der Waals surface area contributed by atoms with Crippen molar-refractivity contribution in [1.29, 1.82) is 0 Å². The molecule has 0 aliphatic heterocycles.